The minimum absolute atomic E-state index is 0.108. The molecule has 11 nitrogen and oxygen atoms in total. The molecule has 1 unspecified atom stereocenters. The number of hydrogen-bond acceptors (Lipinski definition) is 6. The molecule has 3 aromatic rings. The summed E-state index contributed by atoms with van der Waals surface area (Å²) in [7, 11) is 1.78. The highest BCUT2D eigenvalue weighted by Crippen LogP contribution is 2.40. The molecule has 0 bridgehead atoms. The van der Waals surface area contributed by atoms with Gasteiger partial charge in [-0.1, -0.05) is 44.6 Å². The van der Waals surface area contributed by atoms with E-state index >= 15 is 0 Å². The second-order valence-corrected chi connectivity index (χ2v) is 14.1. The Bertz CT molecular complexity index is 1560. The van der Waals surface area contributed by atoms with Gasteiger partial charge in [0, 0.05) is 33.0 Å². The van der Waals surface area contributed by atoms with Crippen molar-refractivity contribution in [3.8, 4) is 0 Å². The van der Waals surface area contributed by atoms with Gasteiger partial charge in [-0.25, -0.2) is 4.98 Å². The number of amides is 3. The van der Waals surface area contributed by atoms with Crippen LogP contribution in [0, 0.1) is 11.8 Å². The zero-order chi connectivity index (χ0) is 33.0. The predicted octanol–water partition coefficient (Wildman–Crippen LogP) is 4.77. The second kappa shape index (κ2) is 14.2. The van der Waals surface area contributed by atoms with Crippen LogP contribution in [-0.2, 0) is 32.3 Å². The molecular weight excluding hydrogens is 594 g/mol. The highest BCUT2D eigenvalue weighted by atomic mass is 16.5. The van der Waals surface area contributed by atoms with Crippen molar-refractivity contribution in [3.05, 3.63) is 47.5 Å². The van der Waals surface area contributed by atoms with Crippen LogP contribution in [0.15, 0.2) is 30.5 Å². The number of aromatic nitrogens is 4. The molecule has 1 saturated heterocycles. The van der Waals surface area contributed by atoms with E-state index in [-0.39, 0.29) is 29.6 Å². The van der Waals surface area contributed by atoms with Crippen molar-refractivity contribution < 1.29 is 19.1 Å². The van der Waals surface area contributed by atoms with Crippen molar-refractivity contribution >= 4 is 28.8 Å². The standard InChI is InChI=1S/C36H51N7O4/c1-4-37-32(45)30(24-11-10-12-24)41-34(46)36(18-21-47-22-19-36)26-15-16-27-28(23-26)40-33(39-27)35(2,25-13-8-6-5-7-9-14-25)42-31(44)29-17-20-38-43(29)3/h15-17,20,23-25,30H,4-14,18-19,21-22H2,1-3H3,(H,37,45)(H,39,40)(H,41,46)(H,42,44)/t30-,35?/m1/s1. The van der Waals surface area contributed by atoms with Crippen molar-refractivity contribution in [1.29, 1.82) is 0 Å². The minimum atomic E-state index is -0.831. The number of imidazole rings is 1. The highest BCUT2D eigenvalue weighted by Gasteiger charge is 2.45. The Morgan fingerprint density at radius 1 is 1.04 bits per heavy atom. The van der Waals surface area contributed by atoms with Gasteiger partial charge in [0.25, 0.3) is 5.91 Å². The van der Waals surface area contributed by atoms with Gasteiger partial charge in [0.2, 0.25) is 11.8 Å². The Kier molecular flexibility index (Phi) is 10.0. The van der Waals surface area contributed by atoms with Gasteiger partial charge in [-0.05, 0) is 88.0 Å². The summed E-state index contributed by atoms with van der Waals surface area (Å²) in [6, 6.07) is 7.22. The number of carbonyl (C=O) groups is 3. The van der Waals surface area contributed by atoms with E-state index in [0.29, 0.717) is 38.3 Å². The summed E-state index contributed by atoms with van der Waals surface area (Å²) in [5.74, 6) is 0.672. The van der Waals surface area contributed by atoms with Gasteiger partial charge in [-0.15, -0.1) is 0 Å². The van der Waals surface area contributed by atoms with Gasteiger partial charge in [-0.2, -0.15) is 5.10 Å². The molecule has 47 heavy (non-hydrogen) atoms. The van der Waals surface area contributed by atoms with Crippen LogP contribution in [0.2, 0.25) is 0 Å². The van der Waals surface area contributed by atoms with Gasteiger partial charge in [0.05, 0.1) is 22.0 Å². The normalized spacial score (nSPS) is 21.1. The third kappa shape index (κ3) is 6.68. The van der Waals surface area contributed by atoms with Crippen LogP contribution in [0.5, 0.6) is 0 Å². The first-order valence-electron chi connectivity index (χ1n) is 17.7. The zero-order valence-electron chi connectivity index (χ0n) is 28.2. The molecule has 0 radical (unpaired) electrons. The lowest BCUT2D eigenvalue weighted by molar-refractivity contribution is -0.136. The lowest BCUT2D eigenvalue weighted by Gasteiger charge is -2.40. The summed E-state index contributed by atoms with van der Waals surface area (Å²) in [5.41, 5.74) is 1.42. The minimum Gasteiger partial charge on any atom is -0.381 e. The first-order valence-corrected chi connectivity index (χ1v) is 17.7. The van der Waals surface area contributed by atoms with Crippen LogP contribution >= 0.6 is 0 Å². The summed E-state index contributed by atoms with van der Waals surface area (Å²) >= 11 is 0. The molecule has 3 aliphatic rings. The fraction of sp³-hybridized carbons (Fsp3) is 0.639. The van der Waals surface area contributed by atoms with E-state index in [1.54, 1.807) is 24.0 Å². The van der Waals surface area contributed by atoms with Gasteiger partial charge in [0.1, 0.15) is 17.6 Å². The third-order valence-electron chi connectivity index (χ3n) is 11.2. The second-order valence-electron chi connectivity index (χ2n) is 14.1. The molecule has 4 N–H and O–H groups in total. The Morgan fingerprint density at radius 3 is 2.40 bits per heavy atom. The van der Waals surface area contributed by atoms with Crippen LogP contribution in [0.1, 0.15) is 113 Å². The molecule has 1 aromatic carbocycles. The molecule has 0 spiro atoms. The number of H-pyrrole nitrogens is 1. The molecule has 3 heterocycles. The molecule has 2 aliphatic carbocycles. The summed E-state index contributed by atoms with van der Waals surface area (Å²) in [6.07, 6.45) is 13.5. The lowest BCUT2D eigenvalue weighted by atomic mass is 9.72. The number of carbonyl (C=O) groups excluding carboxylic acids is 3. The Hall–Kier alpha value is -3.73. The zero-order valence-corrected chi connectivity index (χ0v) is 28.2. The molecule has 6 rings (SSSR count). The first-order chi connectivity index (χ1) is 22.7. The molecule has 1 aliphatic heterocycles. The average Bonchev–Trinajstić information content (AvgIpc) is 3.66. The van der Waals surface area contributed by atoms with Crippen molar-refractivity contribution in [3.63, 3.8) is 0 Å². The van der Waals surface area contributed by atoms with Gasteiger partial charge >= 0.3 is 0 Å². The fourth-order valence-electron chi connectivity index (χ4n) is 7.94. The van der Waals surface area contributed by atoms with Gasteiger partial charge in [-0.3, -0.25) is 19.1 Å². The molecule has 2 atom stereocenters. The van der Waals surface area contributed by atoms with Gasteiger partial charge < -0.3 is 25.7 Å². The SMILES string of the molecule is CCNC(=O)[C@H](NC(=O)C1(c2ccc3nc(C(C)(NC(=O)c4ccnn4C)C4CCCCCCC4)[nH]c3c2)CCOCC1)C1CCC1. The van der Waals surface area contributed by atoms with Gasteiger partial charge in [0.15, 0.2) is 0 Å². The van der Waals surface area contributed by atoms with Crippen molar-refractivity contribution in [2.24, 2.45) is 18.9 Å². The third-order valence-corrected chi connectivity index (χ3v) is 11.2. The number of benzene rings is 1. The van der Waals surface area contributed by atoms with Crippen LogP contribution in [0.3, 0.4) is 0 Å². The van der Waals surface area contributed by atoms with E-state index in [4.69, 9.17) is 9.72 Å². The number of ether oxygens (including phenoxy) is 1. The van der Waals surface area contributed by atoms with Crippen molar-refractivity contribution in [2.75, 3.05) is 19.8 Å². The Labute approximate surface area is 277 Å². The number of fused-ring (bicyclic) bond motifs is 1. The molecule has 2 saturated carbocycles. The van der Waals surface area contributed by atoms with E-state index in [2.05, 4.69) is 33.0 Å². The highest BCUT2D eigenvalue weighted by molar-refractivity contribution is 5.95. The largest absolute Gasteiger partial charge is 0.381 e. The van der Waals surface area contributed by atoms with E-state index < -0.39 is 17.0 Å². The lowest BCUT2D eigenvalue weighted by Crippen LogP contribution is -2.58. The quantitative estimate of drug-likeness (QED) is 0.250. The Balaban J connectivity index is 1.34. The smallest absolute Gasteiger partial charge is 0.270 e. The molecule has 3 fully saturated rings. The van der Waals surface area contributed by atoms with Crippen LogP contribution < -0.4 is 16.0 Å². The maximum absolute atomic E-state index is 14.3. The number of aromatic amines is 1. The number of nitrogens with zero attached hydrogens (tertiary/aromatic N) is 3. The summed E-state index contributed by atoms with van der Waals surface area (Å²) in [4.78, 5) is 49.7. The number of rotatable bonds is 10. The van der Waals surface area contributed by atoms with Crippen LogP contribution in [0.4, 0.5) is 0 Å². The first kappa shape index (κ1) is 33.2. The van der Waals surface area contributed by atoms with E-state index in [9.17, 15) is 14.4 Å². The van der Waals surface area contributed by atoms with Crippen LogP contribution in [0.25, 0.3) is 11.0 Å². The fourth-order valence-corrected chi connectivity index (χ4v) is 7.94. The molecule has 11 heteroatoms. The van der Waals surface area contributed by atoms with Crippen LogP contribution in [-0.4, -0.2) is 63.3 Å². The maximum Gasteiger partial charge on any atom is 0.270 e. The molecule has 3 amide bonds. The van der Waals surface area contributed by atoms with E-state index in [0.717, 1.165) is 67.4 Å². The number of hydrogen-bond donors (Lipinski definition) is 4. The molecule has 2 aromatic heterocycles. The summed E-state index contributed by atoms with van der Waals surface area (Å²) < 4.78 is 7.34. The Morgan fingerprint density at radius 2 is 1.77 bits per heavy atom. The molecular formula is C36H51N7O4. The maximum atomic E-state index is 14.3. The van der Waals surface area contributed by atoms with E-state index in [1.165, 1.54) is 19.3 Å². The average molecular weight is 646 g/mol. The monoisotopic (exact) mass is 645 g/mol. The topological polar surface area (TPSA) is 143 Å². The number of nitrogens with one attached hydrogen (secondary N) is 4. The van der Waals surface area contributed by atoms with Crippen molar-refractivity contribution in [1.82, 2.24) is 35.7 Å². The number of aryl methyl sites for hydroxylation is 1. The molecule has 254 valence electrons. The van der Waals surface area contributed by atoms with Crippen molar-refractivity contribution in [2.45, 2.75) is 108 Å². The summed E-state index contributed by atoms with van der Waals surface area (Å²) in [6.45, 7) is 5.46. The number of likely N-dealkylation sites (N-methyl/N-ethyl adjacent to an activating group) is 1. The predicted molar refractivity (Wildman–Crippen MR) is 180 cm³/mol. The van der Waals surface area contributed by atoms with E-state index in [1.807, 2.05) is 25.1 Å². The summed E-state index contributed by atoms with van der Waals surface area (Å²) in [5, 5.41) is 13.7.